The van der Waals surface area contributed by atoms with Crippen LogP contribution >= 0.6 is 0 Å². The van der Waals surface area contributed by atoms with Crippen molar-refractivity contribution >= 4 is 71.6 Å². The summed E-state index contributed by atoms with van der Waals surface area (Å²) in [5.41, 5.74) is 10.7. The molecule has 0 unspecified atom stereocenters. The molecule has 1 aliphatic rings. The number of allylic oxidation sites excluding steroid dienone is 1. The van der Waals surface area contributed by atoms with Crippen molar-refractivity contribution in [3.8, 4) is 16.9 Å². The van der Waals surface area contributed by atoms with E-state index in [1.165, 1.54) is 65.4 Å². The Labute approximate surface area is 241 Å². The molecule has 0 saturated carbocycles. The molecule has 4 heteroatoms. The zero-order valence-electron chi connectivity index (χ0n) is 22.7. The molecule has 5 aromatic carbocycles. The van der Waals surface area contributed by atoms with Crippen molar-refractivity contribution in [2.75, 3.05) is 0 Å². The van der Waals surface area contributed by atoms with Crippen molar-refractivity contribution in [1.29, 1.82) is 0 Å². The fraction of sp³-hybridized carbons (Fsp3) is 0.0263. The fourth-order valence-electron chi connectivity index (χ4n) is 7.43. The minimum atomic E-state index is 0.799. The van der Waals surface area contributed by atoms with Crippen molar-refractivity contribution in [2.45, 2.75) is 6.54 Å². The van der Waals surface area contributed by atoms with Gasteiger partial charge in [-0.25, -0.2) is 0 Å². The Balaban J connectivity index is 1.46. The molecule has 9 aromatic rings. The molecule has 1 aliphatic heterocycles. The molecule has 5 heterocycles. The van der Waals surface area contributed by atoms with Crippen LogP contribution in [0.5, 0.6) is 0 Å². The highest BCUT2D eigenvalue weighted by molar-refractivity contribution is 6.32. The van der Waals surface area contributed by atoms with Gasteiger partial charge < -0.3 is 13.7 Å². The van der Waals surface area contributed by atoms with Crippen LogP contribution in [0.4, 0.5) is 0 Å². The van der Waals surface area contributed by atoms with Gasteiger partial charge in [-0.2, -0.15) is 0 Å². The molecule has 10 rings (SSSR count). The zero-order chi connectivity index (χ0) is 27.4. The summed E-state index contributed by atoms with van der Waals surface area (Å²) in [4.78, 5) is 4.64. The van der Waals surface area contributed by atoms with Gasteiger partial charge in [0.15, 0.2) is 0 Å². The maximum Gasteiger partial charge on any atom is 0.0702 e. The molecule has 42 heavy (non-hydrogen) atoms. The van der Waals surface area contributed by atoms with E-state index in [-0.39, 0.29) is 0 Å². The van der Waals surface area contributed by atoms with Gasteiger partial charge >= 0.3 is 0 Å². The first-order chi connectivity index (χ1) is 20.9. The van der Waals surface area contributed by atoms with Gasteiger partial charge in [-0.1, -0.05) is 66.7 Å². The predicted molar refractivity (Wildman–Crippen MR) is 175 cm³/mol. The van der Waals surface area contributed by atoms with Gasteiger partial charge in [0.05, 0.1) is 33.3 Å². The normalized spacial score (nSPS) is 13.8. The Morgan fingerprint density at radius 1 is 0.548 bits per heavy atom. The van der Waals surface area contributed by atoms with Crippen LogP contribution < -0.4 is 0 Å². The second kappa shape index (κ2) is 7.99. The van der Waals surface area contributed by atoms with Crippen LogP contribution in [0.25, 0.3) is 88.6 Å². The van der Waals surface area contributed by atoms with Gasteiger partial charge in [-0.05, 0) is 54.6 Å². The monoisotopic (exact) mass is 536 g/mol. The average Bonchev–Trinajstić information content (AvgIpc) is 3.68. The van der Waals surface area contributed by atoms with Crippen molar-refractivity contribution in [3.05, 3.63) is 128 Å². The lowest BCUT2D eigenvalue weighted by Crippen LogP contribution is -1.97. The maximum atomic E-state index is 4.64. The molecule has 196 valence electrons. The summed E-state index contributed by atoms with van der Waals surface area (Å²) in [5.74, 6) is 0. The summed E-state index contributed by atoms with van der Waals surface area (Å²) in [6.45, 7) is 0.799. The Kier molecular flexibility index (Phi) is 4.21. The van der Waals surface area contributed by atoms with Gasteiger partial charge in [-0.15, -0.1) is 0 Å². The first-order valence-electron chi connectivity index (χ1n) is 14.4. The average molecular weight is 537 g/mol. The molecule has 0 radical (unpaired) electrons. The minimum Gasteiger partial charge on any atom is -0.336 e. The van der Waals surface area contributed by atoms with Crippen molar-refractivity contribution in [2.24, 2.45) is 0 Å². The molecular formula is C38H24N4. The number of hydrogen-bond donors (Lipinski definition) is 0. The van der Waals surface area contributed by atoms with E-state index in [1.54, 1.807) is 0 Å². The highest BCUT2D eigenvalue weighted by Gasteiger charge is 2.24. The van der Waals surface area contributed by atoms with Crippen molar-refractivity contribution < 1.29 is 0 Å². The van der Waals surface area contributed by atoms with E-state index in [9.17, 15) is 0 Å². The lowest BCUT2D eigenvalue weighted by atomic mass is 10.0. The highest BCUT2D eigenvalue weighted by atomic mass is 15.0. The maximum absolute atomic E-state index is 4.64. The lowest BCUT2D eigenvalue weighted by molar-refractivity contribution is 0.903. The quantitative estimate of drug-likeness (QED) is 0.216. The smallest absolute Gasteiger partial charge is 0.0702 e. The number of benzene rings is 5. The molecule has 0 N–H and O–H groups in total. The molecule has 4 nitrogen and oxygen atoms in total. The molecule has 0 bridgehead atoms. The predicted octanol–water partition coefficient (Wildman–Crippen LogP) is 9.55. The minimum absolute atomic E-state index is 0.799. The molecular weight excluding hydrogens is 512 g/mol. The van der Waals surface area contributed by atoms with E-state index < -0.39 is 0 Å². The van der Waals surface area contributed by atoms with Crippen LogP contribution in [-0.4, -0.2) is 18.7 Å². The van der Waals surface area contributed by atoms with E-state index in [1.807, 2.05) is 18.3 Å². The number of pyridine rings is 1. The topological polar surface area (TPSA) is 27.7 Å². The number of fused-ring (bicyclic) bond motifs is 6. The van der Waals surface area contributed by atoms with E-state index >= 15 is 0 Å². The van der Waals surface area contributed by atoms with Gasteiger partial charge in [0.25, 0.3) is 0 Å². The van der Waals surface area contributed by atoms with Gasteiger partial charge in [0.1, 0.15) is 0 Å². The van der Waals surface area contributed by atoms with Gasteiger partial charge in [0, 0.05) is 68.0 Å². The fourth-order valence-corrected chi connectivity index (χ4v) is 7.43. The van der Waals surface area contributed by atoms with Crippen LogP contribution in [0.3, 0.4) is 0 Å². The lowest BCUT2D eigenvalue weighted by Gasteiger charge is -2.11. The molecule has 0 saturated heterocycles. The Morgan fingerprint density at radius 3 is 2.07 bits per heavy atom. The summed E-state index contributed by atoms with van der Waals surface area (Å²) >= 11 is 0. The molecule has 0 atom stereocenters. The van der Waals surface area contributed by atoms with Crippen LogP contribution in [0.2, 0.25) is 0 Å². The highest BCUT2D eigenvalue weighted by Crippen LogP contribution is 2.45. The SMILES string of the molecule is C1=C\n2c3ccccc3c3ccc4c(c5c6c(ccc5n4-c4cccc(-c5ccccn5)c4)c4ccccc4n6C/1)c32. The van der Waals surface area contributed by atoms with Crippen LogP contribution in [0.1, 0.15) is 0 Å². The number of rotatable bonds is 2. The molecule has 0 spiro atoms. The second-order valence-electron chi connectivity index (χ2n) is 11.2. The van der Waals surface area contributed by atoms with Crippen LogP contribution in [0.15, 0.2) is 128 Å². The summed E-state index contributed by atoms with van der Waals surface area (Å²) in [6, 6.07) is 41.8. The third-order valence-corrected chi connectivity index (χ3v) is 9.10. The standard InChI is InChI=1S/C38H24N4/c1-3-14-31-26(11-1)28-16-18-33-35-36-34(42(33)25-10-7-9-24(23-25)30-13-5-6-20-39-30)19-17-29-27-12-2-4-15-32(27)41(38(29)36)22-8-21-40(31)37(28)35/h1-21,23H,22H2/b21-8-. The summed E-state index contributed by atoms with van der Waals surface area (Å²) in [7, 11) is 0. The number of aromatic nitrogens is 4. The molecule has 0 aliphatic carbocycles. The second-order valence-corrected chi connectivity index (χ2v) is 11.2. The molecule has 0 amide bonds. The van der Waals surface area contributed by atoms with E-state index in [4.69, 9.17) is 0 Å². The summed E-state index contributed by atoms with van der Waals surface area (Å²) in [5, 5.41) is 7.77. The zero-order valence-corrected chi connectivity index (χ0v) is 22.7. The van der Waals surface area contributed by atoms with E-state index in [0.717, 1.165) is 23.5 Å². The Morgan fingerprint density at radius 2 is 1.26 bits per heavy atom. The third-order valence-electron chi connectivity index (χ3n) is 9.10. The summed E-state index contributed by atoms with van der Waals surface area (Å²) in [6.07, 6.45) is 6.45. The van der Waals surface area contributed by atoms with Crippen LogP contribution in [0, 0.1) is 0 Å². The number of hydrogen-bond acceptors (Lipinski definition) is 1. The van der Waals surface area contributed by atoms with Crippen LogP contribution in [-0.2, 0) is 6.54 Å². The largest absolute Gasteiger partial charge is 0.336 e. The molecule has 4 aromatic heterocycles. The first kappa shape index (κ1) is 22.1. The van der Waals surface area contributed by atoms with Crippen molar-refractivity contribution in [3.63, 3.8) is 0 Å². The Hall–Kier alpha value is -5.61. The summed E-state index contributed by atoms with van der Waals surface area (Å²) < 4.78 is 7.37. The van der Waals surface area contributed by atoms with E-state index in [2.05, 4.69) is 134 Å². The van der Waals surface area contributed by atoms with Gasteiger partial charge in [0.2, 0.25) is 0 Å². The third kappa shape index (κ3) is 2.74. The van der Waals surface area contributed by atoms with Gasteiger partial charge in [-0.3, -0.25) is 4.98 Å². The first-order valence-corrected chi connectivity index (χ1v) is 14.4. The number of nitrogens with zero attached hydrogens (tertiary/aromatic N) is 4. The number of para-hydroxylation sites is 2. The van der Waals surface area contributed by atoms with Crippen molar-refractivity contribution in [1.82, 2.24) is 18.7 Å². The molecule has 0 fully saturated rings. The van der Waals surface area contributed by atoms with E-state index in [0.29, 0.717) is 0 Å². The Bertz CT molecular complexity index is 2590.